The second kappa shape index (κ2) is 8.67. The third kappa shape index (κ3) is 3.72. The first kappa shape index (κ1) is 24.5. The summed E-state index contributed by atoms with van der Waals surface area (Å²) in [6, 6.07) is 0. The number of rotatable bonds is 6. The van der Waals surface area contributed by atoms with Crippen molar-refractivity contribution in [3.8, 4) is 45.6 Å². The Labute approximate surface area is 196 Å². The van der Waals surface area contributed by atoms with Crippen molar-refractivity contribution in [1.29, 1.82) is 0 Å². The average molecular weight is 479 g/mol. The Bertz CT molecular complexity index is 1170. The van der Waals surface area contributed by atoms with E-state index < -0.39 is 45.2 Å². The third-order valence-electron chi connectivity index (χ3n) is 6.10. The van der Waals surface area contributed by atoms with E-state index in [2.05, 4.69) is 0 Å². The zero-order chi connectivity index (χ0) is 24.8. The number of aromatic hydroxyl groups is 4. The number of Topliss-reactive ketones (excluding diaryl/α,β-unsaturated/α-hetero) is 2. The minimum Gasteiger partial charge on any atom is -0.507 e. The molecule has 0 radical (unpaired) electrons. The molecule has 0 aromatic heterocycles. The van der Waals surface area contributed by atoms with Gasteiger partial charge in [-0.1, -0.05) is 25.4 Å². The molecule has 1 unspecified atom stereocenters. The second-order valence-corrected chi connectivity index (χ2v) is 8.75. The van der Waals surface area contributed by atoms with E-state index in [1.807, 2.05) is 6.92 Å². The molecule has 0 spiro atoms. The maximum atomic E-state index is 12.9. The van der Waals surface area contributed by atoms with Gasteiger partial charge in [0.25, 0.3) is 0 Å². The number of benzene rings is 2. The second-order valence-electron chi connectivity index (χ2n) is 8.37. The van der Waals surface area contributed by atoms with Gasteiger partial charge in [-0.25, -0.2) is 0 Å². The molecular formula is C24H27ClO8. The van der Waals surface area contributed by atoms with E-state index in [0.29, 0.717) is 12.8 Å². The van der Waals surface area contributed by atoms with E-state index in [9.17, 15) is 30.0 Å². The summed E-state index contributed by atoms with van der Waals surface area (Å²) in [6.45, 7) is 6.77. The largest absolute Gasteiger partial charge is 0.507 e. The van der Waals surface area contributed by atoms with Crippen LogP contribution < -0.4 is 9.47 Å². The van der Waals surface area contributed by atoms with Crippen LogP contribution in [0, 0.1) is 6.92 Å². The quantitative estimate of drug-likeness (QED) is 0.413. The lowest BCUT2D eigenvalue weighted by atomic mass is 9.85. The van der Waals surface area contributed by atoms with Crippen molar-refractivity contribution in [2.45, 2.75) is 59.0 Å². The highest BCUT2D eigenvalue weighted by Crippen LogP contribution is 2.59. The third-order valence-corrected chi connectivity index (χ3v) is 6.45. The summed E-state index contributed by atoms with van der Waals surface area (Å²) >= 11 is 6.13. The van der Waals surface area contributed by atoms with Gasteiger partial charge in [0.15, 0.2) is 17.3 Å². The number of hydrogen-bond donors (Lipinski definition) is 4. The van der Waals surface area contributed by atoms with Crippen molar-refractivity contribution in [2.24, 2.45) is 0 Å². The zero-order valence-electron chi connectivity index (χ0n) is 19.1. The van der Waals surface area contributed by atoms with Gasteiger partial charge in [-0.15, -0.1) is 0 Å². The van der Waals surface area contributed by atoms with Crippen LogP contribution in [0.2, 0.25) is 5.02 Å². The molecule has 0 saturated carbocycles. The van der Waals surface area contributed by atoms with Gasteiger partial charge >= 0.3 is 0 Å². The molecule has 0 fully saturated rings. The Balaban J connectivity index is 2.51. The number of halogens is 1. The fourth-order valence-electron chi connectivity index (χ4n) is 4.10. The molecule has 8 nitrogen and oxygen atoms in total. The maximum Gasteiger partial charge on any atom is 0.174 e. The van der Waals surface area contributed by atoms with Gasteiger partial charge < -0.3 is 29.9 Å². The highest BCUT2D eigenvalue weighted by Gasteiger charge is 2.42. The first-order valence-electron chi connectivity index (χ1n) is 10.6. The molecule has 0 amide bonds. The van der Waals surface area contributed by atoms with Crippen molar-refractivity contribution >= 4 is 23.2 Å². The van der Waals surface area contributed by atoms with E-state index in [-0.39, 0.29) is 52.2 Å². The summed E-state index contributed by atoms with van der Waals surface area (Å²) in [7, 11) is 1.30. The van der Waals surface area contributed by atoms with Crippen LogP contribution >= 0.6 is 11.6 Å². The summed E-state index contributed by atoms with van der Waals surface area (Å²) in [5, 5.41) is 43.0. The molecule has 0 aliphatic carbocycles. The summed E-state index contributed by atoms with van der Waals surface area (Å²) in [5.41, 5.74) is -1.94. The van der Waals surface area contributed by atoms with Gasteiger partial charge in [0.2, 0.25) is 0 Å². The van der Waals surface area contributed by atoms with E-state index in [1.165, 1.54) is 14.0 Å². The monoisotopic (exact) mass is 478 g/mol. The number of methoxy groups -OCH3 is 1. The molecule has 9 heteroatoms. The van der Waals surface area contributed by atoms with Crippen LogP contribution in [0.3, 0.4) is 0 Å². The average Bonchev–Trinajstić information content (AvgIpc) is 2.76. The summed E-state index contributed by atoms with van der Waals surface area (Å²) in [5.74, 6) is -3.71. The Morgan fingerprint density at radius 2 is 1.67 bits per heavy atom. The lowest BCUT2D eigenvalue weighted by Gasteiger charge is -2.36. The topological polar surface area (TPSA) is 134 Å². The van der Waals surface area contributed by atoms with Gasteiger partial charge in [-0.05, 0) is 26.7 Å². The molecule has 2 aromatic carbocycles. The number of phenols is 4. The SMILES string of the molecule is CCCC(=O)c1c(O)c(-c2c(O)c(Cl)c(O)c3c2OC(C)(CC)CC3=O)c(O)c(C)c1OC. The summed E-state index contributed by atoms with van der Waals surface area (Å²) in [6.07, 6.45) is 0.956. The van der Waals surface area contributed by atoms with E-state index in [1.54, 1.807) is 13.8 Å². The van der Waals surface area contributed by atoms with Crippen LogP contribution in [0.15, 0.2) is 0 Å². The molecule has 1 aliphatic heterocycles. The zero-order valence-corrected chi connectivity index (χ0v) is 19.9. The maximum absolute atomic E-state index is 12.9. The van der Waals surface area contributed by atoms with Crippen molar-refractivity contribution < 1.29 is 39.5 Å². The minimum absolute atomic E-state index is 0.0131. The van der Waals surface area contributed by atoms with Gasteiger partial charge in [-0.3, -0.25) is 9.59 Å². The standard InChI is InChI=1S/C24H27ClO8/c1-6-8-11(26)13-19(29)15(18(28)10(3)22(13)32-5)16-21(31)17(25)20(30)14-12(27)9-24(4,7-2)33-23(14)16/h28-31H,6-9H2,1-5H3. The van der Waals surface area contributed by atoms with Crippen LogP contribution in [0.1, 0.15) is 72.7 Å². The molecule has 4 N–H and O–H groups in total. The van der Waals surface area contributed by atoms with Gasteiger partial charge in [0.05, 0.1) is 24.7 Å². The number of phenolic OH excluding ortho intramolecular Hbond substituents is 4. The smallest absolute Gasteiger partial charge is 0.174 e. The molecule has 0 bridgehead atoms. The molecule has 2 aromatic rings. The molecule has 178 valence electrons. The van der Waals surface area contributed by atoms with Gasteiger partial charge in [-0.2, -0.15) is 0 Å². The molecule has 1 heterocycles. The Hall–Kier alpha value is -3.13. The normalized spacial score (nSPS) is 17.5. The highest BCUT2D eigenvalue weighted by molar-refractivity contribution is 6.35. The van der Waals surface area contributed by atoms with E-state index in [4.69, 9.17) is 21.1 Å². The predicted molar refractivity (Wildman–Crippen MR) is 122 cm³/mol. The van der Waals surface area contributed by atoms with Crippen LogP contribution in [0.4, 0.5) is 0 Å². The Morgan fingerprint density at radius 1 is 1.06 bits per heavy atom. The van der Waals surface area contributed by atoms with Crippen LogP contribution in [0.5, 0.6) is 34.5 Å². The molecule has 33 heavy (non-hydrogen) atoms. The summed E-state index contributed by atoms with van der Waals surface area (Å²) < 4.78 is 11.4. The van der Waals surface area contributed by atoms with Crippen LogP contribution in [-0.2, 0) is 0 Å². The fraction of sp³-hybridized carbons (Fsp3) is 0.417. The van der Waals surface area contributed by atoms with Gasteiger partial charge in [0, 0.05) is 12.0 Å². The first-order chi connectivity index (χ1) is 15.4. The van der Waals surface area contributed by atoms with E-state index in [0.717, 1.165) is 0 Å². The predicted octanol–water partition coefficient (Wildman–Crippen LogP) is 5.26. The Kier molecular flexibility index (Phi) is 6.44. The van der Waals surface area contributed by atoms with Crippen molar-refractivity contribution in [3.63, 3.8) is 0 Å². The minimum atomic E-state index is -0.973. The number of carbonyl (C=O) groups is 2. The Morgan fingerprint density at radius 3 is 2.21 bits per heavy atom. The van der Waals surface area contributed by atoms with Crippen molar-refractivity contribution in [1.82, 2.24) is 0 Å². The number of ether oxygens (including phenoxy) is 2. The van der Waals surface area contributed by atoms with Crippen molar-refractivity contribution in [3.05, 3.63) is 21.7 Å². The number of hydrogen-bond acceptors (Lipinski definition) is 8. The van der Waals surface area contributed by atoms with Crippen LogP contribution in [-0.4, -0.2) is 44.7 Å². The highest BCUT2D eigenvalue weighted by atomic mass is 35.5. The lowest BCUT2D eigenvalue weighted by Crippen LogP contribution is -2.38. The molecule has 3 rings (SSSR count). The molecule has 1 aliphatic rings. The molecular weight excluding hydrogens is 452 g/mol. The van der Waals surface area contributed by atoms with E-state index >= 15 is 0 Å². The fourth-order valence-corrected chi connectivity index (χ4v) is 4.29. The van der Waals surface area contributed by atoms with Gasteiger partial charge in [0.1, 0.15) is 50.5 Å². The molecule has 1 atom stereocenters. The van der Waals surface area contributed by atoms with Crippen LogP contribution in [0.25, 0.3) is 11.1 Å². The lowest BCUT2D eigenvalue weighted by molar-refractivity contribution is 0.0496. The van der Waals surface area contributed by atoms with Crippen molar-refractivity contribution in [2.75, 3.05) is 7.11 Å². The number of carbonyl (C=O) groups excluding carboxylic acids is 2. The number of ketones is 2. The molecule has 0 saturated heterocycles. The summed E-state index contributed by atoms with van der Waals surface area (Å²) in [4.78, 5) is 25.8. The number of fused-ring (bicyclic) bond motifs is 1. The first-order valence-corrected chi connectivity index (χ1v) is 11.0.